The second-order valence-electron chi connectivity index (χ2n) is 4.97. The Bertz CT molecular complexity index is 606. The Hall–Kier alpha value is -2.31. The fraction of sp³-hybridized carbons (Fsp3) is 0.312. The summed E-state index contributed by atoms with van der Waals surface area (Å²) in [7, 11) is 0. The van der Waals surface area contributed by atoms with Gasteiger partial charge in [-0.3, -0.25) is 4.98 Å². The van der Waals surface area contributed by atoms with Crippen molar-refractivity contribution in [2.24, 2.45) is 0 Å². The summed E-state index contributed by atoms with van der Waals surface area (Å²) in [5.74, 6) is 2.03. The van der Waals surface area contributed by atoms with Gasteiger partial charge in [-0.1, -0.05) is 6.07 Å². The van der Waals surface area contributed by atoms with Gasteiger partial charge >= 0.3 is 0 Å². The Balaban J connectivity index is 1.40. The molecule has 1 aliphatic rings. The molecule has 2 N–H and O–H groups in total. The summed E-state index contributed by atoms with van der Waals surface area (Å²) in [4.78, 5) is 4.04. The number of benzene rings is 1. The van der Waals surface area contributed by atoms with Crippen molar-refractivity contribution >= 4 is 0 Å². The third-order valence-electron chi connectivity index (χ3n) is 3.22. The van der Waals surface area contributed by atoms with Crippen molar-refractivity contribution in [2.75, 3.05) is 19.9 Å². The molecule has 0 radical (unpaired) electrons. The van der Waals surface area contributed by atoms with Gasteiger partial charge in [-0.25, -0.2) is 0 Å². The van der Waals surface area contributed by atoms with Crippen molar-refractivity contribution in [1.82, 2.24) is 10.3 Å². The van der Waals surface area contributed by atoms with Crippen LogP contribution in [0.25, 0.3) is 0 Å². The molecule has 2 aromatic rings. The quantitative estimate of drug-likeness (QED) is 0.804. The van der Waals surface area contributed by atoms with Crippen LogP contribution in [0.15, 0.2) is 42.7 Å². The van der Waals surface area contributed by atoms with Gasteiger partial charge in [-0.15, -0.1) is 0 Å². The molecule has 1 aromatic heterocycles. The van der Waals surface area contributed by atoms with Crippen LogP contribution < -0.4 is 19.5 Å². The Morgan fingerprint density at radius 3 is 3.05 bits per heavy atom. The lowest BCUT2D eigenvalue weighted by Crippen LogP contribution is -2.31. The predicted octanol–water partition coefficient (Wildman–Crippen LogP) is 1.34. The van der Waals surface area contributed by atoms with Gasteiger partial charge in [0.15, 0.2) is 11.5 Å². The number of hydrogen-bond acceptors (Lipinski definition) is 6. The highest BCUT2D eigenvalue weighted by molar-refractivity contribution is 5.46. The third-order valence-corrected chi connectivity index (χ3v) is 3.22. The van der Waals surface area contributed by atoms with Crippen LogP contribution in [0.1, 0.15) is 5.56 Å². The molecule has 2 heterocycles. The lowest BCUT2D eigenvalue weighted by Gasteiger charge is -2.13. The van der Waals surface area contributed by atoms with E-state index in [1.54, 1.807) is 30.6 Å². The van der Waals surface area contributed by atoms with Crippen molar-refractivity contribution in [3.63, 3.8) is 0 Å². The van der Waals surface area contributed by atoms with E-state index < -0.39 is 6.10 Å². The molecule has 3 rings (SSSR count). The molecule has 0 saturated carbocycles. The number of aromatic nitrogens is 1. The van der Waals surface area contributed by atoms with Crippen LogP contribution in [0.3, 0.4) is 0 Å². The summed E-state index contributed by atoms with van der Waals surface area (Å²) in [6.07, 6.45) is 2.93. The van der Waals surface area contributed by atoms with Crippen LogP contribution in [0.2, 0.25) is 0 Å². The number of pyridine rings is 1. The topological polar surface area (TPSA) is 72.8 Å². The van der Waals surface area contributed by atoms with Crippen LogP contribution in [0, 0.1) is 0 Å². The number of fused-ring (bicyclic) bond motifs is 1. The molecule has 1 atom stereocenters. The molecule has 0 bridgehead atoms. The van der Waals surface area contributed by atoms with E-state index in [1.165, 1.54) is 0 Å². The van der Waals surface area contributed by atoms with E-state index in [2.05, 4.69) is 10.3 Å². The first-order valence-corrected chi connectivity index (χ1v) is 7.11. The number of rotatable bonds is 7. The van der Waals surface area contributed by atoms with E-state index in [0.717, 1.165) is 5.56 Å². The molecular weight excluding hydrogens is 284 g/mol. The first-order valence-electron chi connectivity index (χ1n) is 7.11. The SMILES string of the molecule is O[C@@H](CNCc1cccnc1)COc1ccc2c(c1)OCO2. The smallest absolute Gasteiger partial charge is 0.231 e. The molecule has 6 heteroatoms. The number of aliphatic hydroxyl groups is 1. The van der Waals surface area contributed by atoms with Crippen molar-refractivity contribution in [3.05, 3.63) is 48.3 Å². The van der Waals surface area contributed by atoms with Crippen molar-refractivity contribution in [3.8, 4) is 17.2 Å². The fourth-order valence-electron chi connectivity index (χ4n) is 2.10. The van der Waals surface area contributed by atoms with Gasteiger partial charge in [-0.2, -0.15) is 0 Å². The van der Waals surface area contributed by atoms with Crippen molar-refractivity contribution in [2.45, 2.75) is 12.6 Å². The molecule has 0 unspecified atom stereocenters. The summed E-state index contributed by atoms with van der Waals surface area (Å²) < 4.78 is 16.1. The van der Waals surface area contributed by atoms with E-state index in [4.69, 9.17) is 14.2 Å². The van der Waals surface area contributed by atoms with Gasteiger partial charge in [-0.05, 0) is 23.8 Å². The highest BCUT2D eigenvalue weighted by Gasteiger charge is 2.14. The third kappa shape index (κ3) is 3.87. The summed E-state index contributed by atoms with van der Waals surface area (Å²) in [6.45, 7) is 1.55. The van der Waals surface area contributed by atoms with E-state index in [9.17, 15) is 5.11 Å². The predicted molar refractivity (Wildman–Crippen MR) is 80.0 cm³/mol. The molecule has 0 saturated heterocycles. The summed E-state index contributed by atoms with van der Waals surface area (Å²) >= 11 is 0. The highest BCUT2D eigenvalue weighted by Crippen LogP contribution is 2.35. The molecular formula is C16H18N2O4. The molecule has 0 aliphatic carbocycles. The number of nitrogens with one attached hydrogen (secondary N) is 1. The maximum Gasteiger partial charge on any atom is 0.231 e. The number of hydrogen-bond donors (Lipinski definition) is 2. The first-order chi connectivity index (χ1) is 10.8. The van der Waals surface area contributed by atoms with Gasteiger partial charge in [0.05, 0.1) is 0 Å². The zero-order valence-corrected chi connectivity index (χ0v) is 12.1. The van der Waals surface area contributed by atoms with Crippen LogP contribution in [-0.4, -0.2) is 36.1 Å². The Morgan fingerprint density at radius 1 is 1.27 bits per heavy atom. The summed E-state index contributed by atoms with van der Waals surface area (Å²) in [5, 5.41) is 13.1. The minimum Gasteiger partial charge on any atom is -0.491 e. The molecule has 0 fully saturated rings. The molecule has 1 aromatic carbocycles. The van der Waals surface area contributed by atoms with E-state index in [-0.39, 0.29) is 13.4 Å². The standard InChI is InChI=1S/C16H18N2O4/c19-13(9-18-8-12-2-1-5-17-7-12)10-20-14-3-4-15-16(6-14)22-11-21-15/h1-7,13,18-19H,8-11H2/t13-/m0/s1. The van der Waals surface area contributed by atoms with Crippen molar-refractivity contribution in [1.29, 1.82) is 0 Å². The number of ether oxygens (including phenoxy) is 3. The Kier molecular flexibility index (Phi) is 4.72. The van der Waals surface area contributed by atoms with Crippen molar-refractivity contribution < 1.29 is 19.3 Å². The summed E-state index contributed by atoms with van der Waals surface area (Å²) in [6, 6.07) is 9.22. The molecule has 116 valence electrons. The van der Waals surface area contributed by atoms with Crippen LogP contribution in [0.4, 0.5) is 0 Å². The zero-order valence-electron chi connectivity index (χ0n) is 12.1. The van der Waals surface area contributed by atoms with Gasteiger partial charge in [0.2, 0.25) is 6.79 Å². The monoisotopic (exact) mass is 302 g/mol. The Morgan fingerprint density at radius 2 is 2.18 bits per heavy atom. The van der Waals surface area contributed by atoms with Crippen LogP contribution in [0.5, 0.6) is 17.2 Å². The second kappa shape index (κ2) is 7.11. The van der Waals surface area contributed by atoms with Gasteiger partial charge in [0, 0.05) is 31.5 Å². The lowest BCUT2D eigenvalue weighted by atomic mass is 10.3. The fourth-order valence-corrected chi connectivity index (χ4v) is 2.10. The van der Waals surface area contributed by atoms with E-state index in [0.29, 0.717) is 30.3 Å². The maximum absolute atomic E-state index is 9.92. The van der Waals surface area contributed by atoms with Gasteiger partial charge in [0.25, 0.3) is 0 Å². The molecule has 6 nitrogen and oxygen atoms in total. The largest absolute Gasteiger partial charge is 0.491 e. The first kappa shape index (κ1) is 14.6. The maximum atomic E-state index is 9.92. The minimum atomic E-state index is -0.595. The number of aliphatic hydroxyl groups excluding tert-OH is 1. The highest BCUT2D eigenvalue weighted by atomic mass is 16.7. The molecule has 0 spiro atoms. The minimum absolute atomic E-state index is 0.208. The van der Waals surface area contributed by atoms with Gasteiger partial charge < -0.3 is 24.6 Å². The normalized spacial score (nSPS) is 13.9. The Labute approximate surface area is 128 Å². The molecule has 22 heavy (non-hydrogen) atoms. The second-order valence-corrected chi connectivity index (χ2v) is 4.97. The van der Waals surface area contributed by atoms with Crippen LogP contribution >= 0.6 is 0 Å². The number of nitrogens with zero attached hydrogens (tertiary/aromatic N) is 1. The lowest BCUT2D eigenvalue weighted by molar-refractivity contribution is 0.106. The van der Waals surface area contributed by atoms with Gasteiger partial charge in [0.1, 0.15) is 18.5 Å². The average molecular weight is 302 g/mol. The van der Waals surface area contributed by atoms with E-state index in [1.807, 2.05) is 12.1 Å². The van der Waals surface area contributed by atoms with Crippen LogP contribution in [-0.2, 0) is 6.54 Å². The van der Waals surface area contributed by atoms with E-state index >= 15 is 0 Å². The molecule has 0 amide bonds. The average Bonchev–Trinajstić information content (AvgIpc) is 3.01. The molecule has 1 aliphatic heterocycles. The zero-order chi connectivity index (χ0) is 15.2. The summed E-state index contributed by atoms with van der Waals surface area (Å²) in [5.41, 5.74) is 1.08.